The topological polar surface area (TPSA) is 66.0 Å². The average molecular weight is 434 g/mol. The second-order valence-electron chi connectivity index (χ2n) is 7.12. The highest BCUT2D eigenvalue weighted by Crippen LogP contribution is 2.16. The van der Waals surface area contributed by atoms with Crippen LogP contribution in [0.2, 0.25) is 0 Å². The van der Waals surface area contributed by atoms with Gasteiger partial charge in [-0.05, 0) is 60.6 Å². The number of aryl methyl sites for hydroxylation is 1. The quantitative estimate of drug-likeness (QED) is 0.446. The van der Waals surface area contributed by atoms with E-state index in [0.717, 1.165) is 28.4 Å². The lowest BCUT2D eigenvalue weighted by molar-refractivity contribution is -0.116. The Bertz CT molecular complexity index is 1240. The predicted octanol–water partition coefficient (Wildman–Crippen LogP) is 4.07. The second kappa shape index (κ2) is 9.01. The van der Waals surface area contributed by atoms with E-state index >= 15 is 0 Å². The minimum atomic E-state index is -0.182. The summed E-state index contributed by atoms with van der Waals surface area (Å²) in [7, 11) is 1.64. The van der Waals surface area contributed by atoms with Crippen molar-refractivity contribution < 1.29 is 9.53 Å². The number of para-hydroxylation sites is 1. The third-order valence-electron chi connectivity index (χ3n) is 4.94. The summed E-state index contributed by atoms with van der Waals surface area (Å²) in [6.07, 6.45) is 4.34. The zero-order valence-electron chi connectivity index (χ0n) is 17.4. The highest BCUT2D eigenvalue weighted by molar-refractivity contribution is 7.71. The van der Waals surface area contributed by atoms with Crippen molar-refractivity contribution >= 4 is 23.8 Å². The molecule has 0 aliphatic rings. The lowest BCUT2D eigenvalue weighted by atomic mass is 10.1. The normalized spacial score (nSPS) is 10.8. The third-order valence-corrected chi connectivity index (χ3v) is 5.32. The van der Waals surface area contributed by atoms with Gasteiger partial charge in [-0.2, -0.15) is 5.10 Å². The smallest absolute Gasteiger partial charge is 0.246 e. The summed E-state index contributed by atoms with van der Waals surface area (Å²) >= 11 is 5.67. The first-order chi connectivity index (χ1) is 15.0. The average Bonchev–Trinajstić information content (AvgIpc) is 3.39. The van der Waals surface area contributed by atoms with E-state index in [2.05, 4.69) is 10.4 Å². The van der Waals surface area contributed by atoms with Crippen LogP contribution in [0, 0.1) is 11.7 Å². The Labute approximate surface area is 185 Å². The molecule has 0 atom stereocenters. The number of ether oxygens (including phenoxy) is 1. The Morgan fingerprint density at radius 2 is 1.77 bits per heavy atom. The first-order valence-corrected chi connectivity index (χ1v) is 10.3. The van der Waals surface area contributed by atoms with Gasteiger partial charge in [0, 0.05) is 24.5 Å². The number of hydrogen-bond donors (Lipinski definition) is 1. The van der Waals surface area contributed by atoms with E-state index in [1.54, 1.807) is 11.8 Å². The molecule has 0 saturated carbocycles. The molecule has 2 heterocycles. The monoisotopic (exact) mass is 433 g/mol. The number of nitrogens with zero attached hydrogens (tertiary/aromatic N) is 4. The molecule has 4 rings (SSSR count). The molecular weight excluding hydrogens is 410 g/mol. The van der Waals surface area contributed by atoms with Crippen LogP contribution in [0.5, 0.6) is 5.75 Å². The van der Waals surface area contributed by atoms with Crippen LogP contribution in [0.1, 0.15) is 17.0 Å². The number of methoxy groups -OCH3 is 1. The molecule has 0 fully saturated rings. The number of anilines is 1. The fourth-order valence-electron chi connectivity index (χ4n) is 3.31. The van der Waals surface area contributed by atoms with Gasteiger partial charge in [-0.3, -0.25) is 9.47 Å². The number of aromatic nitrogens is 4. The van der Waals surface area contributed by atoms with E-state index in [1.165, 1.54) is 0 Å². The number of benzene rings is 2. The minimum absolute atomic E-state index is 0.0248. The van der Waals surface area contributed by atoms with Crippen LogP contribution in [0.15, 0.2) is 73.1 Å². The van der Waals surface area contributed by atoms with Gasteiger partial charge in [0.2, 0.25) is 10.7 Å². The Hall–Kier alpha value is -3.65. The van der Waals surface area contributed by atoms with Crippen LogP contribution in [0.4, 0.5) is 5.69 Å². The van der Waals surface area contributed by atoms with Crippen molar-refractivity contribution in [2.45, 2.75) is 19.9 Å². The molecule has 0 radical (unpaired) electrons. The fourth-order valence-corrected chi connectivity index (χ4v) is 3.62. The summed E-state index contributed by atoms with van der Waals surface area (Å²) in [4.78, 5) is 12.7. The summed E-state index contributed by atoms with van der Waals surface area (Å²) in [5.41, 5.74) is 2.84. The van der Waals surface area contributed by atoms with Gasteiger partial charge < -0.3 is 10.1 Å². The first-order valence-electron chi connectivity index (χ1n) is 9.86. The maximum Gasteiger partial charge on any atom is 0.246 e. The van der Waals surface area contributed by atoms with Crippen molar-refractivity contribution in [2.75, 3.05) is 12.4 Å². The van der Waals surface area contributed by atoms with E-state index in [9.17, 15) is 4.79 Å². The highest BCUT2D eigenvalue weighted by Gasteiger charge is 2.15. The second-order valence-corrected chi connectivity index (χ2v) is 7.48. The van der Waals surface area contributed by atoms with Crippen LogP contribution in [-0.2, 0) is 17.8 Å². The summed E-state index contributed by atoms with van der Waals surface area (Å²) in [5, 5.41) is 7.61. The molecule has 1 N–H and O–H groups in total. The van der Waals surface area contributed by atoms with Gasteiger partial charge in [-0.15, -0.1) is 0 Å². The van der Waals surface area contributed by atoms with Crippen molar-refractivity contribution in [1.29, 1.82) is 0 Å². The molecule has 0 bridgehead atoms. The first kappa shape index (κ1) is 20.6. The predicted molar refractivity (Wildman–Crippen MR) is 122 cm³/mol. The van der Waals surface area contributed by atoms with E-state index in [-0.39, 0.29) is 12.5 Å². The van der Waals surface area contributed by atoms with Crippen molar-refractivity contribution in [3.63, 3.8) is 0 Å². The summed E-state index contributed by atoms with van der Waals surface area (Å²) in [5.74, 6) is 1.35. The number of hydrogen-bond acceptors (Lipinski definition) is 4. The van der Waals surface area contributed by atoms with Gasteiger partial charge in [0.25, 0.3) is 0 Å². The van der Waals surface area contributed by atoms with Crippen molar-refractivity contribution in [3.8, 4) is 5.75 Å². The molecule has 0 saturated heterocycles. The third kappa shape index (κ3) is 4.59. The van der Waals surface area contributed by atoms with E-state index < -0.39 is 0 Å². The maximum atomic E-state index is 12.7. The Morgan fingerprint density at radius 1 is 1.06 bits per heavy atom. The lowest BCUT2D eigenvalue weighted by Gasteiger charge is -2.08. The molecular formula is C23H23N5O2S. The lowest BCUT2D eigenvalue weighted by Crippen LogP contribution is -2.20. The zero-order valence-corrected chi connectivity index (χ0v) is 18.2. The number of rotatable bonds is 7. The van der Waals surface area contributed by atoms with Gasteiger partial charge in [0.15, 0.2) is 5.82 Å². The molecule has 158 valence electrons. The Balaban J connectivity index is 1.62. The summed E-state index contributed by atoms with van der Waals surface area (Å²) < 4.78 is 10.9. The number of nitrogens with one attached hydrogen (secondary N) is 1. The minimum Gasteiger partial charge on any atom is -0.497 e. The standard InChI is InChI=1S/C23H23N5O2S/c1-17-7-3-4-8-20(17)24-22(29)16-27-23(31)28(26-13-5-6-14-26)21(25-27)15-18-9-11-19(30-2)12-10-18/h3-14H,15-16H2,1-2H3,(H,24,29). The number of carbonyl (C=O) groups excluding carboxylic acids is 1. The van der Waals surface area contributed by atoms with Crippen molar-refractivity contribution in [2.24, 2.45) is 0 Å². The molecule has 2 aromatic carbocycles. The molecule has 4 aromatic rings. The molecule has 7 nitrogen and oxygen atoms in total. The van der Waals surface area contributed by atoms with Crippen LogP contribution < -0.4 is 10.1 Å². The van der Waals surface area contributed by atoms with Gasteiger partial charge in [-0.25, -0.2) is 9.36 Å². The zero-order chi connectivity index (χ0) is 21.8. The molecule has 0 unspecified atom stereocenters. The van der Waals surface area contributed by atoms with E-state index in [1.807, 2.05) is 89.3 Å². The van der Waals surface area contributed by atoms with Crippen LogP contribution in [0.3, 0.4) is 0 Å². The van der Waals surface area contributed by atoms with Gasteiger partial charge in [0.05, 0.1) is 7.11 Å². The highest BCUT2D eigenvalue weighted by atomic mass is 32.1. The van der Waals surface area contributed by atoms with Gasteiger partial charge in [-0.1, -0.05) is 30.3 Å². The Kier molecular flexibility index (Phi) is 5.99. The van der Waals surface area contributed by atoms with Crippen LogP contribution in [-0.4, -0.2) is 32.1 Å². The van der Waals surface area contributed by atoms with Gasteiger partial charge >= 0.3 is 0 Å². The van der Waals surface area contributed by atoms with Crippen molar-refractivity contribution in [3.05, 3.63) is 94.8 Å². The molecule has 8 heteroatoms. The van der Waals surface area contributed by atoms with Crippen LogP contribution >= 0.6 is 12.2 Å². The molecule has 1 amide bonds. The number of amides is 1. The summed E-state index contributed by atoms with van der Waals surface area (Å²) in [6.45, 7) is 1.98. The summed E-state index contributed by atoms with van der Waals surface area (Å²) in [6, 6.07) is 19.3. The SMILES string of the molecule is COc1ccc(Cc2nn(CC(=O)Nc3ccccc3C)c(=S)n2-n2cccc2)cc1. The maximum absolute atomic E-state index is 12.7. The Morgan fingerprint density at radius 3 is 2.45 bits per heavy atom. The number of carbonyl (C=O) groups is 1. The molecule has 0 spiro atoms. The molecule has 0 aliphatic carbocycles. The van der Waals surface area contributed by atoms with Gasteiger partial charge in [0.1, 0.15) is 12.3 Å². The van der Waals surface area contributed by atoms with Crippen molar-refractivity contribution in [1.82, 2.24) is 19.1 Å². The molecule has 31 heavy (non-hydrogen) atoms. The molecule has 2 aromatic heterocycles. The largest absolute Gasteiger partial charge is 0.497 e. The fraction of sp³-hybridized carbons (Fsp3) is 0.174. The van der Waals surface area contributed by atoms with Crippen LogP contribution in [0.25, 0.3) is 0 Å². The van der Waals surface area contributed by atoms with E-state index in [4.69, 9.17) is 17.0 Å². The van der Waals surface area contributed by atoms with E-state index in [0.29, 0.717) is 11.2 Å². The molecule has 0 aliphatic heterocycles.